The minimum absolute atomic E-state index is 0. The van der Waals surface area contributed by atoms with Crippen LogP contribution in [-0.2, 0) is 0 Å². The molecule has 0 saturated carbocycles. The fourth-order valence-electron chi connectivity index (χ4n) is 0.328. The smallest absolute Gasteiger partial charge is 0.0287 e. The van der Waals surface area contributed by atoms with Crippen molar-refractivity contribution in [1.29, 1.82) is 0 Å². The van der Waals surface area contributed by atoms with E-state index >= 15 is 0 Å². The summed E-state index contributed by atoms with van der Waals surface area (Å²) in [7, 11) is 3.91. The molecule has 0 aromatic carbocycles. The van der Waals surface area contributed by atoms with E-state index in [1.54, 1.807) is 6.08 Å². The number of rotatable bonds is 3. The predicted octanol–water partition coefficient (Wildman–Crippen LogP) is 3.08. The molecule has 0 fully saturated rings. The third-order valence-electron chi connectivity index (χ3n) is 0.999. The van der Waals surface area contributed by atoms with E-state index in [0.29, 0.717) is 0 Å². The maximum Gasteiger partial charge on any atom is 0.0287 e. The molecule has 0 radical (unpaired) electrons. The van der Waals surface area contributed by atoms with Crippen LogP contribution in [0, 0.1) is 0 Å². The molecule has 0 N–H and O–H groups in total. The quantitative estimate of drug-likeness (QED) is 0.566. The molecule has 0 heterocycles. The molecule has 0 aliphatic rings. The second kappa shape index (κ2) is 9.02. The van der Waals surface area contributed by atoms with E-state index < -0.39 is 0 Å². The minimum atomic E-state index is 0. The van der Waals surface area contributed by atoms with Gasteiger partial charge >= 0.3 is 0 Å². The lowest BCUT2D eigenvalue weighted by molar-refractivity contribution is 0.532. The Hall–Kier alpha value is -0.980. The zero-order chi connectivity index (χ0) is 9.28. The zero-order valence-electron chi connectivity index (χ0n) is 8.09. The summed E-state index contributed by atoms with van der Waals surface area (Å²) in [6, 6.07) is 0. The molecular formula is C10H21N. The average molecular weight is 155 g/mol. The summed E-state index contributed by atoms with van der Waals surface area (Å²) in [6.07, 6.45) is 5.50. The minimum Gasteiger partial charge on any atom is -0.378 e. The Bertz CT molecular complexity index is 137. The van der Waals surface area contributed by atoms with Crippen LogP contribution in [0.1, 0.15) is 15.3 Å². The summed E-state index contributed by atoms with van der Waals surface area (Å²) in [5, 5.41) is 0. The van der Waals surface area contributed by atoms with E-state index in [2.05, 4.69) is 13.2 Å². The van der Waals surface area contributed by atoms with Gasteiger partial charge in [0.15, 0.2) is 0 Å². The van der Waals surface area contributed by atoms with Crippen LogP contribution < -0.4 is 0 Å². The second-order valence-corrected chi connectivity index (χ2v) is 1.98. The number of nitrogens with zero attached hydrogens (tertiary/aromatic N) is 1. The standard InChI is InChI=1S/C8H13N.C2H6.H2/c1-5-6-7-8(2)9(3)4;1-2;/h5-7H,1-2H2,3-4H3;1-2H3;1H/b7-6-;;. The van der Waals surface area contributed by atoms with Gasteiger partial charge in [0.1, 0.15) is 0 Å². The Morgan fingerprint density at radius 3 is 2.09 bits per heavy atom. The Balaban J connectivity index is -0.000000249. The highest BCUT2D eigenvalue weighted by atomic mass is 15.1. The maximum absolute atomic E-state index is 3.78. The van der Waals surface area contributed by atoms with Gasteiger partial charge in [0, 0.05) is 21.2 Å². The van der Waals surface area contributed by atoms with Crippen molar-refractivity contribution in [1.82, 2.24) is 4.90 Å². The fourth-order valence-corrected chi connectivity index (χ4v) is 0.328. The van der Waals surface area contributed by atoms with Gasteiger partial charge in [0.05, 0.1) is 0 Å². The molecule has 0 atom stereocenters. The third-order valence-corrected chi connectivity index (χ3v) is 0.999. The van der Waals surface area contributed by atoms with Crippen molar-refractivity contribution in [2.75, 3.05) is 14.1 Å². The average Bonchev–Trinajstić information content (AvgIpc) is 2.03. The van der Waals surface area contributed by atoms with Gasteiger partial charge in [-0.1, -0.05) is 39.2 Å². The summed E-state index contributed by atoms with van der Waals surface area (Å²) in [5.41, 5.74) is 0.981. The van der Waals surface area contributed by atoms with Crippen molar-refractivity contribution < 1.29 is 1.43 Å². The van der Waals surface area contributed by atoms with E-state index in [0.717, 1.165) is 5.70 Å². The van der Waals surface area contributed by atoms with Gasteiger partial charge < -0.3 is 4.90 Å². The normalized spacial score (nSPS) is 8.36. The van der Waals surface area contributed by atoms with Crippen LogP contribution in [0.25, 0.3) is 0 Å². The fraction of sp³-hybridized carbons (Fsp3) is 0.400. The van der Waals surface area contributed by atoms with E-state index in [-0.39, 0.29) is 1.43 Å². The first-order valence-electron chi connectivity index (χ1n) is 3.84. The van der Waals surface area contributed by atoms with Gasteiger partial charge in [-0.25, -0.2) is 0 Å². The first kappa shape index (κ1) is 12.7. The van der Waals surface area contributed by atoms with Crippen LogP contribution in [-0.4, -0.2) is 19.0 Å². The number of allylic oxidation sites excluding steroid dienone is 3. The molecule has 1 nitrogen and oxygen atoms in total. The second-order valence-electron chi connectivity index (χ2n) is 1.98. The SMILES string of the molecule is C=C/C=C\C(=C)N(C)C.CC.[HH]. The third kappa shape index (κ3) is 9.02. The van der Waals surface area contributed by atoms with Crippen LogP contribution >= 0.6 is 0 Å². The molecule has 0 unspecified atom stereocenters. The molecule has 0 bridgehead atoms. The molecule has 0 rings (SSSR count). The predicted molar refractivity (Wildman–Crippen MR) is 55.6 cm³/mol. The van der Waals surface area contributed by atoms with Crippen molar-refractivity contribution in [3.05, 3.63) is 37.1 Å². The molecule has 1 heteroatoms. The largest absolute Gasteiger partial charge is 0.378 e. The topological polar surface area (TPSA) is 3.24 Å². The summed E-state index contributed by atoms with van der Waals surface area (Å²) in [6.45, 7) is 11.3. The Morgan fingerprint density at radius 2 is 1.82 bits per heavy atom. The van der Waals surface area contributed by atoms with Crippen molar-refractivity contribution in [3.63, 3.8) is 0 Å². The van der Waals surface area contributed by atoms with Crippen LogP contribution in [0.2, 0.25) is 0 Å². The number of hydrogen-bond donors (Lipinski definition) is 0. The first-order valence-corrected chi connectivity index (χ1v) is 3.84. The highest BCUT2D eigenvalue weighted by Crippen LogP contribution is 1.94. The van der Waals surface area contributed by atoms with Crippen molar-refractivity contribution in [2.24, 2.45) is 0 Å². The van der Waals surface area contributed by atoms with E-state index in [4.69, 9.17) is 0 Å². The van der Waals surface area contributed by atoms with Gasteiger partial charge in [0.25, 0.3) is 0 Å². The van der Waals surface area contributed by atoms with Crippen LogP contribution in [0.3, 0.4) is 0 Å². The lowest BCUT2D eigenvalue weighted by atomic mass is 10.4. The molecule has 0 saturated heterocycles. The molecule has 0 aliphatic carbocycles. The summed E-state index contributed by atoms with van der Waals surface area (Å²) in [5.74, 6) is 0. The Labute approximate surface area is 72.2 Å². The van der Waals surface area contributed by atoms with Gasteiger partial charge in [-0.05, 0) is 6.08 Å². The molecule has 66 valence electrons. The van der Waals surface area contributed by atoms with Crippen LogP contribution in [0.5, 0.6) is 0 Å². The highest BCUT2D eigenvalue weighted by Gasteiger charge is 1.85. The number of likely N-dealkylation sites (N-methyl/N-ethyl adjacent to an activating group) is 1. The Kier molecular flexibility index (Phi) is 10.4. The molecule has 11 heavy (non-hydrogen) atoms. The van der Waals surface area contributed by atoms with Crippen molar-refractivity contribution in [2.45, 2.75) is 13.8 Å². The van der Waals surface area contributed by atoms with Crippen molar-refractivity contribution in [3.8, 4) is 0 Å². The van der Waals surface area contributed by atoms with Gasteiger partial charge in [-0.2, -0.15) is 0 Å². The van der Waals surface area contributed by atoms with E-state index in [1.165, 1.54) is 0 Å². The van der Waals surface area contributed by atoms with E-state index in [9.17, 15) is 0 Å². The van der Waals surface area contributed by atoms with Gasteiger partial charge in [0.2, 0.25) is 0 Å². The summed E-state index contributed by atoms with van der Waals surface area (Å²) in [4.78, 5) is 1.94. The zero-order valence-corrected chi connectivity index (χ0v) is 8.09. The Morgan fingerprint density at radius 1 is 1.36 bits per heavy atom. The molecular weight excluding hydrogens is 134 g/mol. The van der Waals surface area contributed by atoms with Crippen LogP contribution in [0.15, 0.2) is 37.1 Å². The maximum atomic E-state index is 3.78. The van der Waals surface area contributed by atoms with Crippen LogP contribution in [0.4, 0.5) is 0 Å². The van der Waals surface area contributed by atoms with Gasteiger partial charge in [-0.15, -0.1) is 0 Å². The van der Waals surface area contributed by atoms with Crippen molar-refractivity contribution >= 4 is 0 Å². The monoisotopic (exact) mass is 155 g/mol. The lowest BCUT2D eigenvalue weighted by Crippen LogP contribution is -2.07. The molecule has 0 aromatic heterocycles. The first-order chi connectivity index (χ1) is 5.18. The van der Waals surface area contributed by atoms with Gasteiger partial charge in [-0.3, -0.25) is 0 Å². The molecule has 0 spiro atoms. The molecule has 0 amide bonds. The molecule has 0 aliphatic heterocycles. The molecule has 0 aromatic rings. The summed E-state index contributed by atoms with van der Waals surface area (Å²) >= 11 is 0. The van der Waals surface area contributed by atoms with E-state index in [1.807, 2.05) is 45.0 Å². The lowest BCUT2D eigenvalue weighted by Gasteiger charge is -2.10. The highest BCUT2D eigenvalue weighted by molar-refractivity contribution is 5.16. The summed E-state index contributed by atoms with van der Waals surface area (Å²) < 4.78 is 0. The number of hydrogen-bond acceptors (Lipinski definition) is 1.